The minimum atomic E-state index is -0.0520. The smallest absolute Gasteiger partial charge is 0.228 e. The van der Waals surface area contributed by atoms with Crippen molar-refractivity contribution in [2.24, 2.45) is 0 Å². The zero-order valence-electron chi connectivity index (χ0n) is 12.0. The van der Waals surface area contributed by atoms with Crippen LogP contribution in [0.15, 0.2) is 36.4 Å². The van der Waals surface area contributed by atoms with Crippen LogP contribution in [0.1, 0.15) is 22.3 Å². The number of phenols is 1. The maximum atomic E-state index is 12.1. The highest BCUT2D eigenvalue weighted by molar-refractivity contribution is 5.92. The molecule has 20 heavy (non-hydrogen) atoms. The largest absolute Gasteiger partial charge is 0.508 e. The Kier molecular flexibility index (Phi) is 4.08. The number of anilines is 1. The fourth-order valence-corrected chi connectivity index (χ4v) is 2.10. The van der Waals surface area contributed by atoms with E-state index in [1.807, 2.05) is 32.0 Å². The molecule has 0 aliphatic heterocycles. The van der Waals surface area contributed by atoms with Crippen molar-refractivity contribution in [3.63, 3.8) is 0 Å². The van der Waals surface area contributed by atoms with Crippen LogP contribution in [0.5, 0.6) is 5.75 Å². The lowest BCUT2D eigenvalue weighted by Crippen LogP contribution is -2.15. The number of benzene rings is 2. The van der Waals surface area contributed by atoms with Crippen LogP contribution in [-0.4, -0.2) is 11.0 Å². The first-order chi connectivity index (χ1) is 9.45. The lowest BCUT2D eigenvalue weighted by Gasteiger charge is -2.09. The Morgan fingerprint density at radius 2 is 1.80 bits per heavy atom. The molecule has 0 radical (unpaired) electrons. The molecule has 0 unspecified atom stereocenters. The van der Waals surface area contributed by atoms with Gasteiger partial charge in [-0.1, -0.05) is 23.8 Å². The molecule has 1 amide bonds. The van der Waals surface area contributed by atoms with Crippen molar-refractivity contribution in [3.8, 4) is 5.75 Å². The Bertz CT molecular complexity index is 647. The minimum Gasteiger partial charge on any atom is -0.508 e. The van der Waals surface area contributed by atoms with Gasteiger partial charge in [-0.15, -0.1) is 0 Å². The Labute approximate surface area is 119 Å². The van der Waals surface area contributed by atoms with Crippen LogP contribution in [0.4, 0.5) is 5.69 Å². The zero-order chi connectivity index (χ0) is 14.7. The molecular formula is C17H19NO2. The number of amides is 1. The van der Waals surface area contributed by atoms with Gasteiger partial charge in [0.1, 0.15) is 5.75 Å². The number of carbonyl (C=O) groups is 1. The van der Waals surface area contributed by atoms with Crippen LogP contribution in [0.2, 0.25) is 0 Å². The summed E-state index contributed by atoms with van der Waals surface area (Å²) in [6, 6.07) is 11.2. The summed E-state index contributed by atoms with van der Waals surface area (Å²) < 4.78 is 0. The standard InChI is InChI=1S/C17H19NO2/c1-11-4-5-12(2)14(8-11)10-17(20)18-15-6-7-16(19)13(3)9-15/h4-9,19H,10H2,1-3H3,(H,18,20). The number of hydrogen-bond acceptors (Lipinski definition) is 2. The third kappa shape index (κ3) is 3.38. The summed E-state index contributed by atoms with van der Waals surface area (Å²) in [5.74, 6) is 0.182. The third-order valence-electron chi connectivity index (χ3n) is 3.34. The Balaban J connectivity index is 2.09. The van der Waals surface area contributed by atoms with E-state index in [0.29, 0.717) is 12.1 Å². The van der Waals surface area contributed by atoms with Crippen molar-refractivity contribution in [1.29, 1.82) is 0 Å². The first kappa shape index (κ1) is 14.1. The topological polar surface area (TPSA) is 49.3 Å². The maximum Gasteiger partial charge on any atom is 0.228 e. The van der Waals surface area contributed by atoms with Crippen LogP contribution < -0.4 is 5.32 Å². The van der Waals surface area contributed by atoms with Gasteiger partial charge in [-0.25, -0.2) is 0 Å². The van der Waals surface area contributed by atoms with Crippen molar-refractivity contribution < 1.29 is 9.90 Å². The van der Waals surface area contributed by atoms with E-state index in [4.69, 9.17) is 0 Å². The number of phenolic OH excluding ortho intramolecular Hbond substituents is 1. The second-order valence-corrected chi connectivity index (χ2v) is 5.16. The highest BCUT2D eigenvalue weighted by Crippen LogP contribution is 2.20. The average Bonchev–Trinajstić information content (AvgIpc) is 2.38. The van der Waals surface area contributed by atoms with Gasteiger partial charge in [0.15, 0.2) is 0 Å². The van der Waals surface area contributed by atoms with Gasteiger partial charge in [-0.3, -0.25) is 4.79 Å². The van der Waals surface area contributed by atoms with Crippen molar-refractivity contribution in [2.45, 2.75) is 27.2 Å². The minimum absolute atomic E-state index is 0.0520. The van der Waals surface area contributed by atoms with Crippen LogP contribution in [0.25, 0.3) is 0 Å². The number of aromatic hydroxyl groups is 1. The highest BCUT2D eigenvalue weighted by Gasteiger charge is 2.07. The molecule has 0 fully saturated rings. The van der Waals surface area contributed by atoms with Gasteiger partial charge in [0.2, 0.25) is 5.91 Å². The molecule has 2 aromatic rings. The summed E-state index contributed by atoms with van der Waals surface area (Å²) in [5, 5.41) is 12.3. The molecular weight excluding hydrogens is 250 g/mol. The molecule has 0 saturated carbocycles. The summed E-state index contributed by atoms with van der Waals surface area (Å²) in [6.45, 7) is 5.83. The zero-order valence-corrected chi connectivity index (χ0v) is 12.0. The normalized spacial score (nSPS) is 10.3. The van der Waals surface area contributed by atoms with Crippen molar-refractivity contribution >= 4 is 11.6 Å². The molecule has 0 aliphatic rings. The van der Waals surface area contributed by atoms with Gasteiger partial charge in [0, 0.05) is 5.69 Å². The molecule has 0 atom stereocenters. The van der Waals surface area contributed by atoms with Gasteiger partial charge in [0.25, 0.3) is 0 Å². The van der Waals surface area contributed by atoms with Crippen molar-refractivity contribution in [1.82, 2.24) is 0 Å². The average molecular weight is 269 g/mol. The number of aryl methyl sites for hydroxylation is 3. The summed E-state index contributed by atoms with van der Waals surface area (Å²) in [6.07, 6.45) is 0.355. The predicted molar refractivity (Wildman–Crippen MR) is 81.1 cm³/mol. The van der Waals surface area contributed by atoms with E-state index >= 15 is 0 Å². The third-order valence-corrected chi connectivity index (χ3v) is 3.34. The van der Waals surface area contributed by atoms with E-state index in [0.717, 1.165) is 22.3 Å². The van der Waals surface area contributed by atoms with Gasteiger partial charge >= 0.3 is 0 Å². The molecule has 3 nitrogen and oxygen atoms in total. The lowest BCUT2D eigenvalue weighted by molar-refractivity contribution is -0.115. The molecule has 0 heterocycles. The van der Waals surface area contributed by atoms with Crippen molar-refractivity contribution in [2.75, 3.05) is 5.32 Å². The molecule has 0 bridgehead atoms. The molecule has 0 aliphatic carbocycles. The predicted octanol–water partition coefficient (Wildman–Crippen LogP) is 3.50. The highest BCUT2D eigenvalue weighted by atomic mass is 16.3. The summed E-state index contributed by atoms with van der Waals surface area (Å²) >= 11 is 0. The maximum absolute atomic E-state index is 12.1. The first-order valence-electron chi connectivity index (χ1n) is 6.61. The number of nitrogens with one attached hydrogen (secondary N) is 1. The molecule has 3 heteroatoms. The van der Waals surface area contributed by atoms with Crippen LogP contribution >= 0.6 is 0 Å². The molecule has 2 rings (SSSR count). The Hall–Kier alpha value is -2.29. The second kappa shape index (κ2) is 5.78. The molecule has 104 valence electrons. The summed E-state index contributed by atoms with van der Waals surface area (Å²) in [7, 11) is 0. The number of hydrogen-bond donors (Lipinski definition) is 2. The van der Waals surface area contributed by atoms with Crippen molar-refractivity contribution in [3.05, 3.63) is 58.7 Å². The SMILES string of the molecule is Cc1ccc(C)c(CC(=O)Nc2ccc(O)c(C)c2)c1. The lowest BCUT2D eigenvalue weighted by atomic mass is 10.0. The monoisotopic (exact) mass is 269 g/mol. The van der Waals surface area contributed by atoms with Gasteiger partial charge in [0.05, 0.1) is 6.42 Å². The number of rotatable bonds is 3. The Morgan fingerprint density at radius 3 is 2.50 bits per heavy atom. The van der Waals surface area contributed by atoms with E-state index in [1.165, 1.54) is 0 Å². The Morgan fingerprint density at radius 1 is 1.05 bits per heavy atom. The van der Waals surface area contributed by atoms with Gasteiger partial charge in [-0.05, 0) is 55.7 Å². The number of carbonyl (C=O) groups excluding carboxylic acids is 1. The molecule has 2 N–H and O–H groups in total. The molecule has 0 aromatic heterocycles. The van der Waals surface area contributed by atoms with Crippen LogP contribution in [-0.2, 0) is 11.2 Å². The van der Waals surface area contributed by atoms with E-state index in [1.54, 1.807) is 25.1 Å². The molecule has 2 aromatic carbocycles. The molecule has 0 spiro atoms. The fraction of sp³-hybridized carbons (Fsp3) is 0.235. The van der Waals surface area contributed by atoms with E-state index < -0.39 is 0 Å². The summed E-state index contributed by atoms with van der Waals surface area (Å²) in [4.78, 5) is 12.1. The first-order valence-corrected chi connectivity index (χ1v) is 6.61. The second-order valence-electron chi connectivity index (χ2n) is 5.16. The van der Waals surface area contributed by atoms with E-state index in [-0.39, 0.29) is 11.7 Å². The summed E-state index contributed by atoms with van der Waals surface area (Å²) in [5.41, 5.74) is 4.76. The van der Waals surface area contributed by atoms with E-state index in [2.05, 4.69) is 5.32 Å². The van der Waals surface area contributed by atoms with E-state index in [9.17, 15) is 9.90 Å². The van der Waals surface area contributed by atoms with Gasteiger partial charge in [-0.2, -0.15) is 0 Å². The molecule has 0 saturated heterocycles. The fourth-order valence-electron chi connectivity index (χ4n) is 2.10. The van der Waals surface area contributed by atoms with Gasteiger partial charge < -0.3 is 10.4 Å². The van der Waals surface area contributed by atoms with Crippen LogP contribution in [0, 0.1) is 20.8 Å². The quantitative estimate of drug-likeness (QED) is 0.838. The van der Waals surface area contributed by atoms with Crippen LogP contribution in [0.3, 0.4) is 0 Å².